The molecule has 0 aliphatic rings. The maximum absolute atomic E-state index is 13.2. The lowest BCUT2D eigenvalue weighted by atomic mass is 9.96. The number of nitrogens with zero attached hydrogens (tertiary/aromatic N) is 1. The highest BCUT2D eigenvalue weighted by molar-refractivity contribution is 6.07. The largest absolute Gasteiger partial charge is 0.461 e. The highest BCUT2D eigenvalue weighted by atomic mass is 16.5. The first-order valence-corrected chi connectivity index (χ1v) is 9.79. The summed E-state index contributed by atoms with van der Waals surface area (Å²) in [5.41, 5.74) is 8.35. The van der Waals surface area contributed by atoms with Gasteiger partial charge in [0.1, 0.15) is 6.61 Å². The molecule has 0 spiro atoms. The van der Waals surface area contributed by atoms with Gasteiger partial charge in [0.2, 0.25) is 5.91 Å². The summed E-state index contributed by atoms with van der Waals surface area (Å²) in [6.07, 6.45) is 0. The number of carbonyl (C=O) groups excluding carboxylic acids is 3. The SMILES string of the molecule is CC(C)C(=O)Nc1cc(N)c(N(C)C)c(C(=O)C(C)COC(=O)c2ccccc2)c1. The Morgan fingerprint density at radius 2 is 1.70 bits per heavy atom. The van der Waals surface area contributed by atoms with Crippen molar-refractivity contribution >= 4 is 34.7 Å². The number of nitrogens with two attached hydrogens (primary N) is 1. The molecule has 0 bridgehead atoms. The van der Waals surface area contributed by atoms with Crippen molar-refractivity contribution in [3.8, 4) is 0 Å². The summed E-state index contributed by atoms with van der Waals surface area (Å²) in [6, 6.07) is 11.8. The standard InChI is InChI=1S/C23H29N3O4/c1-14(2)22(28)25-17-11-18(20(26(4)5)19(24)12-17)21(27)15(3)13-30-23(29)16-9-7-6-8-10-16/h6-12,14-15H,13,24H2,1-5H3,(H,25,28). The van der Waals surface area contributed by atoms with E-state index in [2.05, 4.69) is 5.32 Å². The second kappa shape index (κ2) is 9.91. The van der Waals surface area contributed by atoms with E-state index in [-0.39, 0.29) is 24.2 Å². The third-order valence-electron chi connectivity index (χ3n) is 4.57. The fourth-order valence-corrected chi connectivity index (χ4v) is 2.90. The van der Waals surface area contributed by atoms with Crippen molar-refractivity contribution in [3.63, 3.8) is 0 Å². The van der Waals surface area contributed by atoms with Crippen LogP contribution in [-0.2, 0) is 9.53 Å². The van der Waals surface area contributed by atoms with Crippen molar-refractivity contribution in [1.29, 1.82) is 0 Å². The van der Waals surface area contributed by atoms with Crippen LogP contribution in [0.2, 0.25) is 0 Å². The Hall–Kier alpha value is -3.35. The van der Waals surface area contributed by atoms with E-state index >= 15 is 0 Å². The zero-order valence-electron chi connectivity index (χ0n) is 18.1. The van der Waals surface area contributed by atoms with Crippen molar-refractivity contribution in [2.75, 3.05) is 36.7 Å². The van der Waals surface area contributed by atoms with Crippen LogP contribution >= 0.6 is 0 Å². The first-order valence-electron chi connectivity index (χ1n) is 9.79. The first-order chi connectivity index (χ1) is 14.1. The molecule has 1 atom stereocenters. The molecular formula is C23H29N3O4. The number of ketones is 1. The summed E-state index contributed by atoms with van der Waals surface area (Å²) in [5, 5.41) is 2.78. The van der Waals surface area contributed by atoms with E-state index in [1.165, 1.54) is 0 Å². The molecule has 3 N–H and O–H groups in total. The van der Waals surface area contributed by atoms with Crippen molar-refractivity contribution in [3.05, 3.63) is 53.6 Å². The molecule has 0 aliphatic carbocycles. The molecule has 0 aromatic heterocycles. The topological polar surface area (TPSA) is 102 Å². The van der Waals surface area contributed by atoms with E-state index in [0.717, 1.165) is 0 Å². The molecule has 2 aromatic carbocycles. The Bertz CT molecular complexity index is 924. The third kappa shape index (κ3) is 5.59. The van der Waals surface area contributed by atoms with Gasteiger partial charge in [0.15, 0.2) is 5.78 Å². The Morgan fingerprint density at radius 3 is 2.27 bits per heavy atom. The minimum atomic E-state index is -0.591. The van der Waals surface area contributed by atoms with E-state index in [0.29, 0.717) is 28.2 Å². The van der Waals surface area contributed by atoms with Gasteiger partial charge in [0.25, 0.3) is 0 Å². The number of esters is 1. The minimum Gasteiger partial charge on any atom is -0.461 e. The van der Waals surface area contributed by atoms with Gasteiger partial charge in [0.05, 0.1) is 22.9 Å². The zero-order valence-corrected chi connectivity index (χ0v) is 18.1. The molecule has 0 radical (unpaired) electrons. The summed E-state index contributed by atoms with van der Waals surface area (Å²) in [5.74, 6) is -1.69. The molecule has 7 nitrogen and oxygen atoms in total. The van der Waals surface area contributed by atoms with E-state index < -0.39 is 11.9 Å². The monoisotopic (exact) mass is 411 g/mol. The number of ether oxygens (including phenoxy) is 1. The number of Topliss-reactive ketones (excluding diaryl/α,β-unsaturated/α-hetero) is 1. The predicted octanol–water partition coefficient (Wildman–Crippen LogP) is 3.61. The molecule has 0 fully saturated rings. The highest BCUT2D eigenvalue weighted by Crippen LogP contribution is 2.32. The molecule has 30 heavy (non-hydrogen) atoms. The molecule has 1 unspecified atom stereocenters. The fraction of sp³-hybridized carbons (Fsp3) is 0.348. The zero-order chi connectivity index (χ0) is 22.4. The Morgan fingerprint density at radius 1 is 1.07 bits per heavy atom. The molecule has 0 heterocycles. The number of amides is 1. The summed E-state index contributed by atoms with van der Waals surface area (Å²) in [4.78, 5) is 39.1. The second-order valence-corrected chi connectivity index (χ2v) is 7.73. The number of carbonyl (C=O) groups is 3. The van der Waals surface area contributed by atoms with Crippen molar-refractivity contribution < 1.29 is 19.1 Å². The summed E-state index contributed by atoms with van der Waals surface area (Å²) >= 11 is 0. The van der Waals surface area contributed by atoms with Crippen LogP contribution < -0.4 is 16.0 Å². The first kappa shape index (κ1) is 22.9. The number of rotatable bonds is 8. The van der Waals surface area contributed by atoms with E-state index in [1.807, 2.05) is 0 Å². The van der Waals surface area contributed by atoms with Gasteiger partial charge >= 0.3 is 5.97 Å². The van der Waals surface area contributed by atoms with Gasteiger partial charge in [0, 0.05) is 31.3 Å². The average Bonchev–Trinajstić information content (AvgIpc) is 2.70. The van der Waals surface area contributed by atoms with Crippen LogP contribution in [0.1, 0.15) is 41.5 Å². The quantitative estimate of drug-likeness (QED) is 0.391. The number of hydrogen-bond donors (Lipinski definition) is 2. The average molecular weight is 412 g/mol. The van der Waals surface area contributed by atoms with Crippen LogP contribution in [0.5, 0.6) is 0 Å². The van der Waals surface area contributed by atoms with Gasteiger partial charge in [-0.3, -0.25) is 9.59 Å². The van der Waals surface area contributed by atoms with Crippen molar-refractivity contribution in [2.24, 2.45) is 11.8 Å². The van der Waals surface area contributed by atoms with Crippen LogP contribution in [0.4, 0.5) is 17.1 Å². The molecular weight excluding hydrogens is 382 g/mol. The molecule has 1 amide bonds. The maximum atomic E-state index is 13.2. The van der Waals surface area contributed by atoms with Gasteiger partial charge in [-0.15, -0.1) is 0 Å². The smallest absolute Gasteiger partial charge is 0.338 e. The van der Waals surface area contributed by atoms with Crippen LogP contribution in [0.25, 0.3) is 0 Å². The molecule has 0 saturated carbocycles. The molecule has 2 rings (SSSR count). The molecule has 0 aliphatic heterocycles. The minimum absolute atomic E-state index is 0.0675. The summed E-state index contributed by atoms with van der Waals surface area (Å²) in [6.45, 7) is 5.18. The molecule has 0 saturated heterocycles. The molecule has 7 heteroatoms. The number of hydrogen-bond acceptors (Lipinski definition) is 6. The lowest BCUT2D eigenvalue weighted by Gasteiger charge is -2.22. The summed E-state index contributed by atoms with van der Waals surface area (Å²) < 4.78 is 5.31. The van der Waals surface area contributed by atoms with Crippen LogP contribution in [0, 0.1) is 11.8 Å². The van der Waals surface area contributed by atoms with E-state index in [1.54, 1.807) is 82.2 Å². The Labute approximate surface area is 177 Å². The predicted molar refractivity (Wildman–Crippen MR) is 119 cm³/mol. The van der Waals surface area contributed by atoms with Gasteiger partial charge < -0.3 is 20.7 Å². The van der Waals surface area contributed by atoms with Gasteiger partial charge in [-0.1, -0.05) is 39.0 Å². The Kier molecular flexibility index (Phi) is 7.58. The van der Waals surface area contributed by atoms with Crippen molar-refractivity contribution in [1.82, 2.24) is 0 Å². The van der Waals surface area contributed by atoms with Gasteiger partial charge in [-0.05, 0) is 24.3 Å². The number of nitrogen functional groups attached to an aromatic ring is 1. The maximum Gasteiger partial charge on any atom is 0.338 e. The second-order valence-electron chi connectivity index (χ2n) is 7.73. The van der Waals surface area contributed by atoms with Crippen molar-refractivity contribution in [2.45, 2.75) is 20.8 Å². The Balaban J connectivity index is 2.23. The molecule has 160 valence electrons. The lowest BCUT2D eigenvalue weighted by molar-refractivity contribution is -0.118. The highest BCUT2D eigenvalue weighted by Gasteiger charge is 2.24. The summed E-state index contributed by atoms with van der Waals surface area (Å²) in [7, 11) is 3.57. The van der Waals surface area contributed by atoms with Gasteiger partial charge in [-0.2, -0.15) is 0 Å². The van der Waals surface area contributed by atoms with Crippen LogP contribution in [-0.4, -0.2) is 38.4 Å². The fourth-order valence-electron chi connectivity index (χ4n) is 2.90. The van der Waals surface area contributed by atoms with Gasteiger partial charge in [-0.25, -0.2) is 4.79 Å². The number of nitrogens with one attached hydrogen (secondary N) is 1. The van der Waals surface area contributed by atoms with E-state index in [4.69, 9.17) is 10.5 Å². The van der Waals surface area contributed by atoms with Crippen LogP contribution in [0.3, 0.4) is 0 Å². The van der Waals surface area contributed by atoms with E-state index in [9.17, 15) is 14.4 Å². The molecule has 2 aromatic rings. The van der Waals surface area contributed by atoms with Crippen LogP contribution in [0.15, 0.2) is 42.5 Å². The normalized spacial score (nSPS) is 11.7. The number of benzene rings is 2. The number of anilines is 3. The lowest BCUT2D eigenvalue weighted by Crippen LogP contribution is -2.24. The third-order valence-corrected chi connectivity index (χ3v) is 4.57.